The zero-order valence-corrected chi connectivity index (χ0v) is 61.1. The third kappa shape index (κ3) is 18.5. The van der Waals surface area contributed by atoms with E-state index in [9.17, 15) is 0 Å². The van der Waals surface area contributed by atoms with Crippen LogP contribution < -0.4 is 0 Å². The number of hydrogen-bond donors (Lipinski definition) is 1. The lowest BCUT2D eigenvalue weighted by molar-refractivity contribution is 0.117. The van der Waals surface area contributed by atoms with E-state index in [1.54, 1.807) is 5.56 Å². The highest BCUT2D eigenvalue weighted by atomic mass is 79.9. The van der Waals surface area contributed by atoms with Gasteiger partial charge in [0.2, 0.25) is 0 Å². The van der Waals surface area contributed by atoms with Gasteiger partial charge in [0.1, 0.15) is 0 Å². The quantitative estimate of drug-likeness (QED) is 0.0276. The maximum atomic E-state index is 8.98. The van der Waals surface area contributed by atoms with Gasteiger partial charge < -0.3 is 9.84 Å². The van der Waals surface area contributed by atoms with Crippen molar-refractivity contribution in [1.82, 2.24) is 0 Å². The predicted molar refractivity (Wildman–Crippen MR) is 415 cm³/mol. The Kier molecular flexibility index (Phi) is 25.5. The number of rotatable bonds is 30. The molecule has 9 aromatic carbocycles. The highest BCUT2D eigenvalue weighted by Gasteiger charge is 2.32. The molecule has 0 saturated heterocycles. The van der Waals surface area contributed by atoms with Crippen molar-refractivity contribution in [3.8, 4) is 0 Å². The number of aliphatic hydroxyl groups excluding tert-OH is 1. The van der Waals surface area contributed by atoms with Gasteiger partial charge in [0.25, 0.3) is 0 Å². The van der Waals surface area contributed by atoms with Crippen LogP contribution in [0.25, 0.3) is 38.4 Å². The van der Waals surface area contributed by atoms with Gasteiger partial charge in [-0.25, -0.2) is 0 Å². The molecule has 0 radical (unpaired) electrons. The van der Waals surface area contributed by atoms with E-state index in [1.165, 1.54) is 174 Å². The van der Waals surface area contributed by atoms with Crippen LogP contribution in [-0.2, 0) is 35.9 Å². The second-order valence-electron chi connectivity index (χ2n) is 29.9. The SMILES string of the molecule is CCCC(CC(C)(C)CC(CC)c1ccc(C)cc1)c1ccc(CBr)cc1.CCCC(CC(C)(C)CC(CC)c1ccc(C)cc1)c1ccc(COCCCCc2ccc3c4c2C=CC2=CC=CC(=CC3)C24)cc1.OCCCCc1ccc2ccc3cccc4ccc1c2c34. The summed E-state index contributed by atoms with van der Waals surface area (Å²) in [6.07, 6.45) is 33.7. The third-order valence-corrected chi connectivity index (χ3v) is 22.0. The Morgan fingerprint density at radius 3 is 1.58 bits per heavy atom. The van der Waals surface area contributed by atoms with E-state index < -0.39 is 0 Å². The zero-order chi connectivity index (χ0) is 66.9. The molecule has 9 aromatic rings. The van der Waals surface area contributed by atoms with E-state index in [0.717, 1.165) is 56.9 Å². The topological polar surface area (TPSA) is 29.5 Å². The molecule has 5 unspecified atom stereocenters. The molecule has 3 heteroatoms. The van der Waals surface area contributed by atoms with Gasteiger partial charge in [-0.3, -0.25) is 0 Å². The Balaban J connectivity index is 0.000000172. The monoisotopic (exact) mass is 1330 g/mol. The van der Waals surface area contributed by atoms with Crippen LogP contribution in [0.2, 0.25) is 0 Å². The summed E-state index contributed by atoms with van der Waals surface area (Å²) in [5.74, 6) is 2.97. The predicted octanol–water partition coefficient (Wildman–Crippen LogP) is 26.2. The average molecular weight is 1330 g/mol. The number of hydrogen-bond acceptors (Lipinski definition) is 2. The standard InChI is InChI=1S/C46H56O.C26H37Br.C20H18O/c1-6-11-42(31-46(4,5)30-35(7-2)36-19-15-33(3)16-20-36)37-21-17-34(18-22-37)32-47-29-9-8-12-38-23-24-41-26-25-39-13-10-14-40-27-28-43(38)45(41)44(39)40;1-6-8-25(24-15-11-21(19-27)12-16-24)18-26(4,5)17-22(7-2)23-13-9-20(3)10-14-23;21-13-2-1-4-14-7-8-17-10-9-15-5-3-6-16-11-12-18(14)20(17)19(15)16/h10,13-25,27-28,35,42,44H,6-9,11-12,26,29-32H2,1-5H3;9-16,22,25H,6-8,17-19H2,1-5H3;3,5-12,21H,1-2,4,13H2. The second kappa shape index (κ2) is 34.0. The van der Waals surface area contributed by atoms with Crippen LogP contribution >= 0.6 is 15.9 Å². The fourth-order valence-electron chi connectivity index (χ4n) is 16.3. The van der Waals surface area contributed by atoms with Gasteiger partial charge in [-0.05, 0) is 249 Å². The molecule has 3 aliphatic rings. The lowest BCUT2D eigenvalue weighted by Crippen LogP contribution is -2.20. The van der Waals surface area contributed by atoms with E-state index >= 15 is 0 Å². The molecule has 2 nitrogen and oxygen atoms in total. The van der Waals surface area contributed by atoms with E-state index in [0.29, 0.717) is 41.6 Å². The number of benzene rings is 9. The third-order valence-electron chi connectivity index (χ3n) is 21.3. The van der Waals surface area contributed by atoms with Gasteiger partial charge in [0, 0.05) is 24.5 Å². The van der Waals surface area contributed by atoms with Crippen LogP contribution in [0.1, 0.15) is 247 Å². The number of aryl methyl sites for hydroxylation is 4. The lowest BCUT2D eigenvalue weighted by Gasteiger charge is -2.34. The smallest absolute Gasteiger partial charge is 0.0716 e. The molecule has 95 heavy (non-hydrogen) atoms. The van der Waals surface area contributed by atoms with Crippen molar-refractivity contribution >= 4 is 54.3 Å². The first kappa shape index (κ1) is 71.2. The molecule has 1 N–H and O–H groups in total. The summed E-state index contributed by atoms with van der Waals surface area (Å²) < 4.78 is 6.18. The molecule has 0 aliphatic heterocycles. The van der Waals surface area contributed by atoms with Gasteiger partial charge in [0.05, 0.1) is 6.61 Å². The van der Waals surface area contributed by atoms with Crippen LogP contribution in [0.3, 0.4) is 0 Å². The van der Waals surface area contributed by atoms with E-state index in [1.807, 2.05) is 0 Å². The Hall–Kier alpha value is -6.62. The molecule has 3 aliphatic carbocycles. The Labute approximate surface area is 582 Å². The Morgan fingerprint density at radius 2 is 1.01 bits per heavy atom. The fraction of sp³-hybridized carbons (Fsp3) is 0.413. The number of ether oxygens (including phenoxy) is 1. The maximum absolute atomic E-state index is 8.98. The zero-order valence-electron chi connectivity index (χ0n) is 59.5. The van der Waals surface area contributed by atoms with Crippen molar-refractivity contribution in [2.45, 2.75) is 220 Å². The first-order chi connectivity index (χ1) is 46.1. The number of allylic oxidation sites excluding steroid dienone is 7. The summed E-state index contributed by atoms with van der Waals surface area (Å²) in [6.45, 7) is 25.4. The molecule has 0 aromatic heterocycles. The van der Waals surface area contributed by atoms with Gasteiger partial charge >= 0.3 is 0 Å². The maximum Gasteiger partial charge on any atom is 0.0716 e. The van der Waals surface area contributed by atoms with E-state index in [2.05, 4.69) is 285 Å². The number of halogens is 1. The summed E-state index contributed by atoms with van der Waals surface area (Å²) in [5, 5.41) is 18.0. The first-order valence-electron chi connectivity index (χ1n) is 36.7. The van der Waals surface area contributed by atoms with Crippen LogP contribution in [0, 0.1) is 24.7 Å². The molecule has 5 atom stereocenters. The van der Waals surface area contributed by atoms with Crippen molar-refractivity contribution < 1.29 is 9.84 Å². The van der Waals surface area contributed by atoms with Crippen LogP contribution in [0.4, 0.5) is 0 Å². The molecule has 0 amide bonds. The summed E-state index contributed by atoms with van der Waals surface area (Å²) >= 11 is 3.56. The van der Waals surface area contributed by atoms with E-state index in [4.69, 9.17) is 9.84 Å². The van der Waals surface area contributed by atoms with Crippen LogP contribution in [-0.4, -0.2) is 18.3 Å². The van der Waals surface area contributed by atoms with Crippen molar-refractivity contribution in [2.24, 2.45) is 10.8 Å². The van der Waals surface area contributed by atoms with Crippen molar-refractivity contribution in [3.63, 3.8) is 0 Å². The Bertz CT molecular complexity index is 3990. The largest absolute Gasteiger partial charge is 0.396 e. The lowest BCUT2D eigenvalue weighted by atomic mass is 9.70. The summed E-state index contributed by atoms with van der Waals surface area (Å²) in [6, 6.07) is 61.8. The Morgan fingerprint density at radius 1 is 0.505 bits per heavy atom. The number of aliphatic hydroxyl groups is 1. The molecule has 0 fully saturated rings. The number of unbranched alkanes of at least 4 members (excludes halogenated alkanes) is 2. The minimum Gasteiger partial charge on any atom is -0.396 e. The molecule has 0 spiro atoms. The van der Waals surface area contributed by atoms with Gasteiger partial charge in [-0.2, -0.15) is 0 Å². The highest BCUT2D eigenvalue weighted by molar-refractivity contribution is 9.08. The average Bonchev–Trinajstić information content (AvgIpc) is 0.753. The molecule has 0 heterocycles. The van der Waals surface area contributed by atoms with E-state index in [-0.39, 0.29) is 12.0 Å². The van der Waals surface area contributed by atoms with Crippen molar-refractivity contribution in [2.75, 3.05) is 13.2 Å². The fourth-order valence-corrected chi connectivity index (χ4v) is 16.7. The summed E-state index contributed by atoms with van der Waals surface area (Å²) in [5.41, 5.74) is 22.3. The first-order valence-corrected chi connectivity index (χ1v) is 37.9. The minimum absolute atomic E-state index is 0.284. The van der Waals surface area contributed by atoms with Crippen molar-refractivity contribution in [1.29, 1.82) is 0 Å². The molecule has 0 bridgehead atoms. The van der Waals surface area contributed by atoms with Gasteiger partial charge in [-0.15, -0.1) is 0 Å². The van der Waals surface area contributed by atoms with Gasteiger partial charge in [0.15, 0.2) is 0 Å². The van der Waals surface area contributed by atoms with Crippen LogP contribution in [0.15, 0.2) is 205 Å². The number of alkyl halides is 1. The van der Waals surface area contributed by atoms with Crippen molar-refractivity contribution in [3.05, 3.63) is 278 Å². The summed E-state index contributed by atoms with van der Waals surface area (Å²) in [7, 11) is 0. The van der Waals surface area contributed by atoms with Gasteiger partial charge in [-0.1, -0.05) is 296 Å². The minimum atomic E-state index is 0.284. The van der Waals surface area contributed by atoms with Crippen LogP contribution in [0.5, 0.6) is 0 Å². The second-order valence-corrected chi connectivity index (χ2v) is 30.5. The highest BCUT2D eigenvalue weighted by Crippen LogP contribution is 2.48. The summed E-state index contributed by atoms with van der Waals surface area (Å²) in [4.78, 5) is 0. The molecular weight excluding hydrogens is 1220 g/mol. The molecular formula is C92H111BrO2. The molecule has 498 valence electrons. The molecule has 12 rings (SSSR count). The molecule has 0 saturated carbocycles. The normalized spacial score (nSPS) is 15.3.